The molecule has 0 aliphatic carbocycles. The second-order valence-corrected chi connectivity index (χ2v) is 4.88. The van der Waals surface area contributed by atoms with E-state index in [9.17, 15) is 18.0 Å². The summed E-state index contributed by atoms with van der Waals surface area (Å²) in [5, 5.41) is 8.84. The fraction of sp³-hybridized carbons (Fsp3) is 0.778. The number of ether oxygens (including phenoxy) is 1. The highest BCUT2D eigenvalue weighted by molar-refractivity contribution is 7.87. The molecule has 18 heavy (non-hydrogen) atoms. The average molecular weight is 282 g/mol. The highest BCUT2D eigenvalue weighted by Gasteiger charge is 2.24. The van der Waals surface area contributed by atoms with E-state index < -0.39 is 28.2 Å². The van der Waals surface area contributed by atoms with Crippen LogP contribution in [0.5, 0.6) is 0 Å². The second kappa shape index (κ2) is 8.01. The van der Waals surface area contributed by atoms with Crippen LogP contribution in [-0.4, -0.2) is 44.7 Å². The molecule has 1 atom stereocenters. The molecule has 0 unspecified atom stereocenters. The minimum Gasteiger partial charge on any atom is -0.480 e. The van der Waals surface area contributed by atoms with Crippen LogP contribution >= 0.6 is 0 Å². The number of aliphatic carboxylic acids is 1. The monoisotopic (exact) mass is 282 g/mol. The van der Waals surface area contributed by atoms with Crippen molar-refractivity contribution in [2.45, 2.75) is 32.7 Å². The van der Waals surface area contributed by atoms with Gasteiger partial charge in [0.1, 0.15) is 6.04 Å². The van der Waals surface area contributed by atoms with Gasteiger partial charge in [-0.3, -0.25) is 9.59 Å². The number of carbonyl (C=O) groups excluding carboxylic acids is 1. The van der Waals surface area contributed by atoms with Gasteiger partial charge in [0.25, 0.3) is 10.2 Å². The number of carboxylic acid groups (broad SMARTS) is 1. The van der Waals surface area contributed by atoms with Crippen molar-refractivity contribution >= 4 is 22.1 Å². The van der Waals surface area contributed by atoms with E-state index in [1.54, 1.807) is 13.8 Å². The number of hydrogen-bond donors (Lipinski definition) is 3. The van der Waals surface area contributed by atoms with Gasteiger partial charge in [0, 0.05) is 13.0 Å². The quantitative estimate of drug-likeness (QED) is 0.477. The Labute approximate surface area is 106 Å². The molecule has 0 heterocycles. The SMILES string of the molecule is CCNS(=O)(=O)N[C@@H](CCC(=O)OCC)C(=O)O. The highest BCUT2D eigenvalue weighted by atomic mass is 32.2. The van der Waals surface area contributed by atoms with Crippen LogP contribution in [0.1, 0.15) is 26.7 Å². The van der Waals surface area contributed by atoms with Crippen LogP contribution in [0.25, 0.3) is 0 Å². The van der Waals surface area contributed by atoms with E-state index in [4.69, 9.17) is 5.11 Å². The van der Waals surface area contributed by atoms with Crippen LogP contribution < -0.4 is 9.44 Å². The zero-order valence-electron chi connectivity index (χ0n) is 10.3. The molecular formula is C9H18N2O6S. The fourth-order valence-corrected chi connectivity index (χ4v) is 2.20. The molecule has 0 aliphatic heterocycles. The number of nitrogens with one attached hydrogen (secondary N) is 2. The van der Waals surface area contributed by atoms with E-state index >= 15 is 0 Å². The van der Waals surface area contributed by atoms with Gasteiger partial charge in [0.05, 0.1) is 6.61 Å². The molecular weight excluding hydrogens is 264 g/mol. The van der Waals surface area contributed by atoms with Gasteiger partial charge in [0.15, 0.2) is 0 Å². The Morgan fingerprint density at radius 2 is 1.94 bits per heavy atom. The van der Waals surface area contributed by atoms with Crippen LogP contribution in [-0.2, 0) is 24.5 Å². The van der Waals surface area contributed by atoms with Crippen molar-refractivity contribution in [2.24, 2.45) is 0 Å². The van der Waals surface area contributed by atoms with Crippen molar-refractivity contribution in [3.05, 3.63) is 0 Å². The Morgan fingerprint density at radius 3 is 2.39 bits per heavy atom. The number of esters is 1. The van der Waals surface area contributed by atoms with Gasteiger partial charge in [-0.2, -0.15) is 13.1 Å². The first-order valence-electron chi connectivity index (χ1n) is 5.47. The molecule has 9 heteroatoms. The first-order chi connectivity index (χ1) is 8.32. The largest absolute Gasteiger partial charge is 0.480 e. The van der Waals surface area contributed by atoms with Gasteiger partial charge < -0.3 is 9.84 Å². The van der Waals surface area contributed by atoms with Crippen LogP contribution in [0.2, 0.25) is 0 Å². The Kier molecular flexibility index (Phi) is 7.48. The van der Waals surface area contributed by atoms with Crippen molar-refractivity contribution in [1.29, 1.82) is 0 Å². The predicted molar refractivity (Wildman–Crippen MR) is 63.0 cm³/mol. The Morgan fingerprint density at radius 1 is 1.33 bits per heavy atom. The van der Waals surface area contributed by atoms with Gasteiger partial charge in [-0.15, -0.1) is 0 Å². The summed E-state index contributed by atoms with van der Waals surface area (Å²) < 4.78 is 31.3. The molecule has 0 aromatic rings. The summed E-state index contributed by atoms with van der Waals surface area (Å²) in [5.41, 5.74) is 0. The van der Waals surface area contributed by atoms with Gasteiger partial charge in [-0.25, -0.2) is 4.72 Å². The number of carboxylic acids is 1. The van der Waals surface area contributed by atoms with Crippen LogP contribution in [0.4, 0.5) is 0 Å². The Bertz CT molecular complexity index is 381. The van der Waals surface area contributed by atoms with E-state index in [-0.39, 0.29) is 26.0 Å². The maximum absolute atomic E-state index is 11.3. The minimum absolute atomic E-state index is 0.138. The molecule has 0 aliphatic rings. The second-order valence-electron chi connectivity index (χ2n) is 3.35. The summed E-state index contributed by atoms with van der Waals surface area (Å²) >= 11 is 0. The normalized spacial score (nSPS) is 13.0. The maximum Gasteiger partial charge on any atom is 0.321 e. The molecule has 0 saturated heterocycles. The van der Waals surface area contributed by atoms with Crippen LogP contribution in [0.3, 0.4) is 0 Å². The van der Waals surface area contributed by atoms with E-state index in [0.29, 0.717) is 0 Å². The zero-order valence-corrected chi connectivity index (χ0v) is 11.1. The molecule has 3 N–H and O–H groups in total. The zero-order chi connectivity index (χ0) is 14.2. The summed E-state index contributed by atoms with van der Waals surface area (Å²) in [6.07, 6.45) is -0.335. The Hall–Kier alpha value is -1.19. The standard InChI is InChI=1S/C9H18N2O6S/c1-3-10-18(15,16)11-7(9(13)14)5-6-8(12)17-4-2/h7,10-11H,3-6H2,1-2H3,(H,13,14)/t7-/m0/s1. The summed E-state index contributed by atoms with van der Waals surface area (Å²) in [6.45, 7) is 3.52. The molecule has 0 aromatic carbocycles. The molecule has 0 rings (SSSR count). The van der Waals surface area contributed by atoms with Gasteiger partial charge >= 0.3 is 11.9 Å². The van der Waals surface area contributed by atoms with Crippen LogP contribution in [0.15, 0.2) is 0 Å². The van der Waals surface area contributed by atoms with Gasteiger partial charge in [-0.1, -0.05) is 6.92 Å². The lowest BCUT2D eigenvalue weighted by molar-refractivity contribution is -0.144. The molecule has 0 saturated carbocycles. The highest BCUT2D eigenvalue weighted by Crippen LogP contribution is 2.01. The topological polar surface area (TPSA) is 122 Å². The third-order valence-corrected chi connectivity index (χ3v) is 3.14. The van der Waals surface area contributed by atoms with E-state index in [1.165, 1.54) is 0 Å². The molecule has 0 radical (unpaired) electrons. The molecule has 8 nitrogen and oxygen atoms in total. The van der Waals surface area contributed by atoms with Gasteiger partial charge in [0.2, 0.25) is 0 Å². The molecule has 0 spiro atoms. The number of carbonyl (C=O) groups is 2. The summed E-state index contributed by atoms with van der Waals surface area (Å²) in [5.74, 6) is -1.91. The van der Waals surface area contributed by atoms with E-state index in [1.807, 2.05) is 4.72 Å². The summed E-state index contributed by atoms with van der Waals surface area (Å²) in [4.78, 5) is 21.9. The molecule has 0 aromatic heterocycles. The lowest BCUT2D eigenvalue weighted by Crippen LogP contribution is -2.46. The van der Waals surface area contributed by atoms with E-state index in [0.717, 1.165) is 0 Å². The maximum atomic E-state index is 11.3. The van der Waals surface area contributed by atoms with Gasteiger partial charge in [-0.05, 0) is 13.3 Å². The van der Waals surface area contributed by atoms with E-state index in [2.05, 4.69) is 9.46 Å². The van der Waals surface area contributed by atoms with Crippen molar-refractivity contribution in [3.63, 3.8) is 0 Å². The number of rotatable bonds is 9. The lowest BCUT2D eigenvalue weighted by Gasteiger charge is -2.14. The summed E-state index contributed by atoms with van der Waals surface area (Å²) in [6, 6.07) is -1.36. The average Bonchev–Trinajstić information content (AvgIpc) is 2.24. The molecule has 0 fully saturated rings. The first-order valence-corrected chi connectivity index (χ1v) is 6.96. The summed E-state index contributed by atoms with van der Waals surface area (Å²) in [7, 11) is -3.87. The predicted octanol–water partition coefficient (Wildman–Crippen LogP) is -0.773. The Balaban J connectivity index is 4.41. The lowest BCUT2D eigenvalue weighted by atomic mass is 10.2. The first kappa shape index (κ1) is 16.8. The molecule has 0 amide bonds. The van der Waals surface area contributed by atoms with Crippen LogP contribution in [0, 0.1) is 0 Å². The smallest absolute Gasteiger partial charge is 0.321 e. The van der Waals surface area contributed by atoms with Crippen molar-refractivity contribution in [3.8, 4) is 0 Å². The minimum atomic E-state index is -3.87. The third-order valence-electron chi connectivity index (χ3n) is 1.87. The van der Waals surface area contributed by atoms with Crippen molar-refractivity contribution in [2.75, 3.05) is 13.2 Å². The van der Waals surface area contributed by atoms with Crippen molar-refractivity contribution in [1.82, 2.24) is 9.44 Å². The molecule has 0 bridgehead atoms. The third kappa shape index (κ3) is 7.20. The number of hydrogen-bond acceptors (Lipinski definition) is 5. The van der Waals surface area contributed by atoms with Crippen molar-refractivity contribution < 1.29 is 27.9 Å². The molecule has 106 valence electrons. The fourth-order valence-electron chi connectivity index (χ4n) is 1.15.